The van der Waals surface area contributed by atoms with Crippen LogP contribution in [-0.2, 0) is 21.3 Å². The zero-order valence-corrected chi connectivity index (χ0v) is 14.9. The molecule has 0 N–H and O–H groups in total. The minimum absolute atomic E-state index is 0.000568. The fourth-order valence-corrected chi connectivity index (χ4v) is 3.62. The molecular weight excluding hydrogens is 338 g/mol. The second-order valence-electron chi connectivity index (χ2n) is 5.82. The molecule has 25 heavy (non-hydrogen) atoms. The molecule has 1 unspecified atom stereocenters. The van der Waals surface area contributed by atoms with Crippen LogP contribution in [0.4, 0.5) is 0 Å². The third-order valence-corrected chi connectivity index (χ3v) is 4.95. The Labute approximate surface area is 149 Å². The summed E-state index contributed by atoms with van der Waals surface area (Å²) < 4.78 is 23.9. The number of nitrogens with zero attached hydrogens (tertiary/aromatic N) is 1. The van der Waals surface area contributed by atoms with Crippen LogP contribution in [-0.4, -0.2) is 34.9 Å². The van der Waals surface area contributed by atoms with Crippen molar-refractivity contribution in [3.63, 3.8) is 0 Å². The predicted molar refractivity (Wildman–Crippen MR) is 97.5 cm³/mol. The predicted octanol–water partition coefficient (Wildman–Crippen LogP) is 2.79. The molecule has 5 nitrogen and oxygen atoms in total. The minimum atomic E-state index is -1.30. The maximum atomic E-state index is 12.3. The highest BCUT2D eigenvalue weighted by molar-refractivity contribution is 7.84. The first-order valence-electron chi connectivity index (χ1n) is 7.81. The summed E-state index contributed by atoms with van der Waals surface area (Å²) in [6.45, 7) is 0. The van der Waals surface area contributed by atoms with Crippen LogP contribution in [0.1, 0.15) is 11.1 Å². The Kier molecular flexibility index (Phi) is 5.19. The average molecular weight is 357 g/mol. The summed E-state index contributed by atoms with van der Waals surface area (Å²) in [7, 11) is 2.02. The number of ether oxygens (including phenoxy) is 2. The number of benzene rings is 2. The van der Waals surface area contributed by atoms with Crippen molar-refractivity contribution in [3.05, 3.63) is 65.9 Å². The normalized spacial score (nSPS) is 13.8. The second kappa shape index (κ2) is 7.53. The van der Waals surface area contributed by atoms with E-state index in [1.165, 1.54) is 4.90 Å². The van der Waals surface area contributed by atoms with Gasteiger partial charge in [0.2, 0.25) is 5.91 Å². The SMILES string of the molecule is CN(C)C(=O)CS(=O)Cc1ccccc1C1=COc2ccccc2O1. The van der Waals surface area contributed by atoms with Gasteiger partial charge in [-0.3, -0.25) is 9.00 Å². The van der Waals surface area contributed by atoms with Gasteiger partial charge in [0.15, 0.2) is 17.3 Å². The zero-order valence-electron chi connectivity index (χ0n) is 14.1. The van der Waals surface area contributed by atoms with Crippen LogP contribution >= 0.6 is 0 Å². The van der Waals surface area contributed by atoms with E-state index in [-0.39, 0.29) is 17.4 Å². The van der Waals surface area contributed by atoms with Crippen LogP contribution in [0, 0.1) is 0 Å². The molecule has 1 amide bonds. The number of para-hydroxylation sites is 2. The van der Waals surface area contributed by atoms with Crippen LogP contribution < -0.4 is 9.47 Å². The van der Waals surface area contributed by atoms with Gasteiger partial charge < -0.3 is 14.4 Å². The smallest absolute Gasteiger partial charge is 0.234 e. The summed E-state index contributed by atoms with van der Waals surface area (Å²) >= 11 is 0. The molecule has 0 radical (unpaired) electrons. The number of fused-ring (bicyclic) bond motifs is 1. The fourth-order valence-electron chi connectivity index (χ4n) is 2.39. The summed E-state index contributed by atoms with van der Waals surface area (Å²) in [5.41, 5.74) is 1.66. The number of hydrogen-bond acceptors (Lipinski definition) is 4. The number of hydrogen-bond donors (Lipinski definition) is 0. The van der Waals surface area contributed by atoms with Crippen LogP contribution in [0.15, 0.2) is 54.8 Å². The lowest BCUT2D eigenvalue weighted by atomic mass is 10.1. The van der Waals surface area contributed by atoms with Gasteiger partial charge in [0.1, 0.15) is 12.0 Å². The highest BCUT2D eigenvalue weighted by Crippen LogP contribution is 2.35. The van der Waals surface area contributed by atoms with Crippen molar-refractivity contribution in [1.82, 2.24) is 4.90 Å². The molecule has 0 aliphatic carbocycles. The summed E-state index contributed by atoms with van der Waals surface area (Å²) in [5, 5.41) is 0. The first kappa shape index (κ1) is 17.2. The van der Waals surface area contributed by atoms with Crippen molar-refractivity contribution in [1.29, 1.82) is 0 Å². The standard InChI is InChI=1S/C19H19NO4S/c1-20(2)19(21)13-25(22)12-14-7-3-4-8-15(14)18-11-23-16-9-5-6-10-17(16)24-18/h3-11H,12-13H2,1-2H3. The van der Waals surface area contributed by atoms with E-state index >= 15 is 0 Å². The highest BCUT2D eigenvalue weighted by Gasteiger charge is 2.19. The molecule has 0 fully saturated rings. The van der Waals surface area contributed by atoms with Crippen LogP contribution in [0.3, 0.4) is 0 Å². The Morgan fingerprint density at radius 1 is 1.04 bits per heavy atom. The van der Waals surface area contributed by atoms with Gasteiger partial charge in [0.25, 0.3) is 0 Å². The maximum absolute atomic E-state index is 12.3. The van der Waals surface area contributed by atoms with E-state index in [0.717, 1.165) is 11.1 Å². The lowest BCUT2D eigenvalue weighted by molar-refractivity contribution is -0.125. The minimum Gasteiger partial charge on any atom is -0.457 e. The van der Waals surface area contributed by atoms with Gasteiger partial charge in [-0.2, -0.15) is 0 Å². The first-order chi connectivity index (χ1) is 12.0. The Morgan fingerprint density at radius 2 is 1.72 bits per heavy atom. The molecule has 3 rings (SSSR count). The summed E-state index contributed by atoms with van der Waals surface area (Å²) in [6, 6.07) is 15.0. The van der Waals surface area contributed by atoms with Gasteiger partial charge in [0.05, 0.1) is 0 Å². The molecule has 130 valence electrons. The van der Waals surface area contributed by atoms with Crippen molar-refractivity contribution in [2.75, 3.05) is 19.8 Å². The third kappa shape index (κ3) is 4.09. The van der Waals surface area contributed by atoms with Gasteiger partial charge in [0, 0.05) is 36.2 Å². The molecule has 0 bridgehead atoms. The molecule has 1 aliphatic rings. The van der Waals surface area contributed by atoms with Gasteiger partial charge >= 0.3 is 0 Å². The van der Waals surface area contributed by atoms with Crippen molar-refractivity contribution >= 4 is 22.5 Å². The summed E-state index contributed by atoms with van der Waals surface area (Å²) in [5.74, 6) is 1.98. The summed E-state index contributed by atoms with van der Waals surface area (Å²) in [4.78, 5) is 13.2. The van der Waals surface area contributed by atoms with E-state index < -0.39 is 10.8 Å². The van der Waals surface area contributed by atoms with E-state index in [0.29, 0.717) is 17.3 Å². The van der Waals surface area contributed by atoms with E-state index in [2.05, 4.69) is 0 Å². The number of carbonyl (C=O) groups is 1. The van der Waals surface area contributed by atoms with E-state index in [1.54, 1.807) is 20.4 Å². The van der Waals surface area contributed by atoms with Crippen molar-refractivity contribution in [2.24, 2.45) is 0 Å². The van der Waals surface area contributed by atoms with Crippen molar-refractivity contribution < 1.29 is 18.5 Å². The summed E-state index contributed by atoms with van der Waals surface area (Å²) in [6.07, 6.45) is 1.55. The highest BCUT2D eigenvalue weighted by atomic mass is 32.2. The molecule has 0 saturated heterocycles. The number of amides is 1. The van der Waals surface area contributed by atoms with Gasteiger partial charge in [-0.15, -0.1) is 0 Å². The first-order valence-corrected chi connectivity index (χ1v) is 9.30. The van der Waals surface area contributed by atoms with Crippen LogP contribution in [0.2, 0.25) is 0 Å². The number of carbonyl (C=O) groups excluding carboxylic acids is 1. The van der Waals surface area contributed by atoms with Crippen molar-refractivity contribution in [2.45, 2.75) is 5.75 Å². The Balaban J connectivity index is 1.79. The monoisotopic (exact) mass is 357 g/mol. The Bertz CT molecular complexity index is 845. The van der Waals surface area contributed by atoms with E-state index in [1.807, 2.05) is 48.5 Å². The fraction of sp³-hybridized carbons (Fsp3) is 0.211. The zero-order chi connectivity index (χ0) is 17.8. The second-order valence-corrected chi connectivity index (χ2v) is 7.28. The molecule has 2 aromatic rings. The molecule has 2 aromatic carbocycles. The third-order valence-electron chi connectivity index (χ3n) is 3.74. The van der Waals surface area contributed by atoms with E-state index in [4.69, 9.17) is 9.47 Å². The molecule has 1 aliphatic heterocycles. The molecule has 0 saturated carbocycles. The van der Waals surface area contributed by atoms with E-state index in [9.17, 15) is 9.00 Å². The lowest BCUT2D eigenvalue weighted by Gasteiger charge is -2.20. The largest absolute Gasteiger partial charge is 0.457 e. The van der Waals surface area contributed by atoms with Crippen LogP contribution in [0.25, 0.3) is 5.76 Å². The van der Waals surface area contributed by atoms with Crippen molar-refractivity contribution in [3.8, 4) is 11.5 Å². The molecule has 1 heterocycles. The molecule has 6 heteroatoms. The Morgan fingerprint density at radius 3 is 2.48 bits per heavy atom. The average Bonchev–Trinajstić information content (AvgIpc) is 2.61. The number of rotatable bonds is 5. The topological polar surface area (TPSA) is 55.8 Å². The molecule has 0 spiro atoms. The quantitative estimate of drug-likeness (QED) is 0.826. The molecule has 1 atom stereocenters. The molecule has 0 aromatic heterocycles. The van der Waals surface area contributed by atoms with Gasteiger partial charge in [-0.05, 0) is 17.7 Å². The molecular formula is C19H19NO4S. The Hall–Kier alpha value is -2.60. The van der Waals surface area contributed by atoms with Gasteiger partial charge in [-0.25, -0.2) is 0 Å². The maximum Gasteiger partial charge on any atom is 0.234 e. The van der Waals surface area contributed by atoms with Crippen LogP contribution in [0.5, 0.6) is 11.5 Å². The van der Waals surface area contributed by atoms with Gasteiger partial charge in [-0.1, -0.05) is 36.4 Å². The lowest BCUT2D eigenvalue weighted by Crippen LogP contribution is -2.27.